The fourth-order valence-electron chi connectivity index (χ4n) is 3.85. The summed E-state index contributed by atoms with van der Waals surface area (Å²) in [5.74, 6) is 1.98. The minimum absolute atomic E-state index is 0.788. The van der Waals surface area contributed by atoms with Crippen LogP contribution in [-0.2, 0) is 0 Å². The molecule has 2 aromatic carbocycles. The van der Waals surface area contributed by atoms with E-state index in [4.69, 9.17) is 9.47 Å². The highest BCUT2D eigenvalue weighted by Crippen LogP contribution is 2.37. The van der Waals surface area contributed by atoms with Gasteiger partial charge < -0.3 is 9.47 Å². The van der Waals surface area contributed by atoms with E-state index in [9.17, 15) is 0 Å². The Balaban J connectivity index is 1.92. The van der Waals surface area contributed by atoms with Crippen LogP contribution in [0.4, 0.5) is 0 Å². The molecule has 0 aliphatic carbocycles. The highest BCUT2D eigenvalue weighted by Gasteiger charge is 2.12. The van der Waals surface area contributed by atoms with Gasteiger partial charge in [-0.25, -0.2) is 0 Å². The Hall–Kier alpha value is -1.70. The number of hydrogen-bond acceptors (Lipinski definition) is 2. The molecule has 29 heavy (non-hydrogen) atoms. The molecule has 0 amide bonds. The number of aryl methyl sites for hydroxylation is 1. The zero-order chi connectivity index (χ0) is 20.7. The van der Waals surface area contributed by atoms with E-state index >= 15 is 0 Å². The second-order valence-electron chi connectivity index (χ2n) is 8.30. The molecule has 0 atom stereocenters. The van der Waals surface area contributed by atoms with E-state index in [1.54, 1.807) is 0 Å². The maximum absolute atomic E-state index is 6.29. The summed E-state index contributed by atoms with van der Waals surface area (Å²) in [6.45, 7) is 8.24. The van der Waals surface area contributed by atoms with Crippen LogP contribution in [0.1, 0.15) is 96.5 Å². The van der Waals surface area contributed by atoms with Crippen LogP contribution < -0.4 is 9.47 Å². The molecule has 0 N–H and O–H groups in total. The van der Waals surface area contributed by atoms with Gasteiger partial charge in [-0.1, -0.05) is 102 Å². The lowest BCUT2D eigenvalue weighted by Crippen LogP contribution is -2.02. The second kappa shape index (κ2) is 14.3. The van der Waals surface area contributed by atoms with Crippen LogP contribution in [0.3, 0.4) is 0 Å². The Morgan fingerprint density at radius 2 is 1.21 bits per heavy atom. The molecule has 0 aliphatic rings. The normalized spacial score (nSPS) is 11.1. The highest BCUT2D eigenvalue weighted by molar-refractivity contribution is 5.94. The van der Waals surface area contributed by atoms with E-state index in [0.29, 0.717) is 0 Å². The Morgan fingerprint density at radius 3 is 1.86 bits per heavy atom. The fraction of sp³-hybridized carbons (Fsp3) is 0.630. The van der Waals surface area contributed by atoms with Crippen molar-refractivity contribution in [3.63, 3.8) is 0 Å². The second-order valence-corrected chi connectivity index (χ2v) is 8.30. The molecule has 2 heteroatoms. The number of hydrogen-bond donors (Lipinski definition) is 0. The van der Waals surface area contributed by atoms with Crippen molar-refractivity contribution in [2.45, 2.75) is 97.8 Å². The molecule has 162 valence electrons. The SMILES string of the molecule is CCCCCCCCOc1cccc2ccc(C)c(OCCCCCCCC)c12. The third kappa shape index (κ3) is 8.28. The maximum Gasteiger partial charge on any atom is 0.133 e. The third-order valence-corrected chi connectivity index (χ3v) is 5.66. The highest BCUT2D eigenvalue weighted by atomic mass is 16.5. The van der Waals surface area contributed by atoms with E-state index in [0.717, 1.165) is 42.9 Å². The van der Waals surface area contributed by atoms with Gasteiger partial charge in [-0.15, -0.1) is 0 Å². The molecule has 0 saturated carbocycles. The van der Waals surface area contributed by atoms with Gasteiger partial charge in [0, 0.05) is 0 Å². The summed E-state index contributed by atoms with van der Waals surface area (Å²) in [7, 11) is 0. The van der Waals surface area contributed by atoms with Crippen molar-refractivity contribution in [1.29, 1.82) is 0 Å². The molecule has 0 heterocycles. The lowest BCUT2D eigenvalue weighted by molar-refractivity contribution is 0.296. The quantitative estimate of drug-likeness (QED) is 0.263. The zero-order valence-corrected chi connectivity index (χ0v) is 19.1. The van der Waals surface area contributed by atoms with Gasteiger partial charge >= 0.3 is 0 Å². The summed E-state index contributed by atoms with van der Waals surface area (Å²) < 4.78 is 12.5. The first-order valence-corrected chi connectivity index (χ1v) is 12.1. The number of unbranched alkanes of at least 4 members (excludes halogenated alkanes) is 10. The lowest BCUT2D eigenvalue weighted by atomic mass is 10.0. The Morgan fingerprint density at radius 1 is 0.621 bits per heavy atom. The van der Waals surface area contributed by atoms with Crippen LogP contribution in [0.25, 0.3) is 10.8 Å². The van der Waals surface area contributed by atoms with E-state index in [-0.39, 0.29) is 0 Å². The van der Waals surface area contributed by atoms with Crippen molar-refractivity contribution < 1.29 is 9.47 Å². The monoisotopic (exact) mass is 398 g/mol. The van der Waals surface area contributed by atoms with E-state index < -0.39 is 0 Å². The van der Waals surface area contributed by atoms with Crippen molar-refractivity contribution in [1.82, 2.24) is 0 Å². The van der Waals surface area contributed by atoms with Gasteiger partial charge in [0.05, 0.1) is 18.6 Å². The molecule has 0 aromatic heterocycles. The molecule has 0 bridgehead atoms. The largest absolute Gasteiger partial charge is 0.493 e. The predicted octanol–water partition coefficient (Wildman–Crippen LogP) is 8.63. The first-order valence-electron chi connectivity index (χ1n) is 12.1. The van der Waals surface area contributed by atoms with E-state index in [1.165, 1.54) is 75.2 Å². The minimum Gasteiger partial charge on any atom is -0.493 e. The molecule has 0 fully saturated rings. The standard InChI is InChI=1S/C27H42O2/c1-4-6-8-10-12-14-21-28-25-18-16-17-24-20-19-23(3)27(26(24)25)29-22-15-13-11-9-7-5-2/h16-20H,4-15,21-22H2,1-3H3. The summed E-state index contributed by atoms with van der Waals surface area (Å²) in [6.07, 6.45) is 15.4. The van der Waals surface area contributed by atoms with Crippen LogP contribution in [-0.4, -0.2) is 13.2 Å². The van der Waals surface area contributed by atoms with Crippen LogP contribution in [0.5, 0.6) is 11.5 Å². The topological polar surface area (TPSA) is 18.5 Å². The van der Waals surface area contributed by atoms with Gasteiger partial charge in [-0.2, -0.15) is 0 Å². The van der Waals surface area contributed by atoms with Crippen molar-refractivity contribution in [2.24, 2.45) is 0 Å². The first kappa shape index (κ1) is 23.6. The maximum atomic E-state index is 6.29. The number of rotatable bonds is 16. The molecule has 2 nitrogen and oxygen atoms in total. The van der Waals surface area contributed by atoms with Crippen LogP contribution in [0.15, 0.2) is 30.3 Å². The molecule has 2 rings (SSSR count). The van der Waals surface area contributed by atoms with Gasteiger partial charge in [0.1, 0.15) is 11.5 Å². The third-order valence-electron chi connectivity index (χ3n) is 5.66. The smallest absolute Gasteiger partial charge is 0.133 e. The Bertz CT molecular complexity index is 692. The molecule has 0 spiro atoms. The average molecular weight is 399 g/mol. The van der Waals surface area contributed by atoms with Crippen molar-refractivity contribution in [3.05, 3.63) is 35.9 Å². The molecule has 0 unspecified atom stereocenters. The summed E-state index contributed by atoms with van der Waals surface area (Å²) in [5, 5.41) is 2.35. The summed E-state index contributed by atoms with van der Waals surface area (Å²) >= 11 is 0. The number of benzene rings is 2. The number of fused-ring (bicyclic) bond motifs is 1. The van der Waals surface area contributed by atoms with Gasteiger partial charge in [-0.05, 0) is 36.8 Å². The Kier molecular flexibility index (Phi) is 11.6. The Labute approximate surface area is 179 Å². The molecular formula is C27H42O2. The first-order chi connectivity index (χ1) is 14.3. The molecule has 0 saturated heterocycles. The summed E-state index contributed by atoms with van der Waals surface area (Å²) in [5.41, 5.74) is 1.19. The van der Waals surface area contributed by atoms with Crippen molar-refractivity contribution in [3.8, 4) is 11.5 Å². The zero-order valence-electron chi connectivity index (χ0n) is 19.1. The van der Waals surface area contributed by atoms with Crippen LogP contribution in [0.2, 0.25) is 0 Å². The summed E-state index contributed by atoms with van der Waals surface area (Å²) in [4.78, 5) is 0. The van der Waals surface area contributed by atoms with Crippen LogP contribution in [0, 0.1) is 6.92 Å². The van der Waals surface area contributed by atoms with Crippen molar-refractivity contribution >= 4 is 10.8 Å². The molecule has 0 aliphatic heterocycles. The molecular weight excluding hydrogens is 356 g/mol. The van der Waals surface area contributed by atoms with Gasteiger partial charge in [-0.3, -0.25) is 0 Å². The fourth-order valence-corrected chi connectivity index (χ4v) is 3.85. The molecule has 2 aromatic rings. The lowest BCUT2D eigenvalue weighted by Gasteiger charge is -2.16. The van der Waals surface area contributed by atoms with E-state index in [1.807, 2.05) is 0 Å². The van der Waals surface area contributed by atoms with Crippen LogP contribution >= 0.6 is 0 Å². The van der Waals surface area contributed by atoms with Gasteiger partial charge in [0.15, 0.2) is 0 Å². The van der Waals surface area contributed by atoms with E-state index in [2.05, 4.69) is 51.1 Å². The minimum atomic E-state index is 0.788. The average Bonchev–Trinajstić information content (AvgIpc) is 2.73. The number of ether oxygens (including phenoxy) is 2. The van der Waals surface area contributed by atoms with Gasteiger partial charge in [0.25, 0.3) is 0 Å². The van der Waals surface area contributed by atoms with Crippen molar-refractivity contribution in [2.75, 3.05) is 13.2 Å². The predicted molar refractivity (Wildman–Crippen MR) is 126 cm³/mol. The molecule has 0 radical (unpaired) electrons. The van der Waals surface area contributed by atoms with Gasteiger partial charge in [0.2, 0.25) is 0 Å². The summed E-state index contributed by atoms with van der Waals surface area (Å²) in [6, 6.07) is 10.7.